The van der Waals surface area contributed by atoms with Crippen LogP contribution in [0.2, 0.25) is 23.4 Å². The number of hydrogen-bond donors (Lipinski definition) is 3. The number of aliphatic hydroxyl groups is 1. The second kappa shape index (κ2) is 25.2. The predicted molar refractivity (Wildman–Crippen MR) is 261 cm³/mol. The van der Waals surface area contributed by atoms with Crippen molar-refractivity contribution in [3.63, 3.8) is 0 Å². The molecular weight excluding hydrogens is 994 g/mol. The molecule has 2 amide bonds. The normalized spacial score (nSPS) is 20.1. The third-order valence-electron chi connectivity index (χ3n) is 11.8. The van der Waals surface area contributed by atoms with Crippen molar-refractivity contribution in [2.75, 3.05) is 86.3 Å². The summed E-state index contributed by atoms with van der Waals surface area (Å²) in [4.78, 5) is 68.4. The van der Waals surface area contributed by atoms with Crippen molar-refractivity contribution in [1.29, 1.82) is 0 Å². The molecule has 0 aromatic carbocycles. The summed E-state index contributed by atoms with van der Waals surface area (Å²) in [6.45, 7) is 20.2. The van der Waals surface area contributed by atoms with Crippen molar-refractivity contribution in [1.82, 2.24) is 55.2 Å². The first-order valence-corrected chi connectivity index (χ1v) is 25.4. The lowest BCUT2D eigenvalue weighted by molar-refractivity contribution is 0.122. The number of aromatic nitrogens is 10. The van der Waals surface area contributed by atoms with Crippen molar-refractivity contribution in [3.05, 3.63) is 34.9 Å². The van der Waals surface area contributed by atoms with Gasteiger partial charge in [-0.1, -0.05) is 35.6 Å². The number of nitrogen functional groups attached to an aromatic ring is 1. The highest BCUT2D eigenvalue weighted by molar-refractivity contribution is 6.74. The smallest absolute Gasteiger partial charge is 0.417 e. The SMILES string of the molecule is C.C.C[C@H]1OC(=O)N(c2nc(-c3cnc(N)nc3C(F)F)nc(N3CCOCC3)n2)[C@H]1CO.C[C@H]1OC(=O)N[C@H]1CO[Si](C)(C)C(C)(C)C.Cc1ncc(-c2nc(Cl)nc(N3CCOCC3)n2)c(C(F)F)n1. The maximum atomic E-state index is 13.6. The molecular formula is C43H64ClF4N15O8Si. The van der Waals surface area contributed by atoms with E-state index in [1.165, 1.54) is 13.1 Å². The zero-order chi connectivity index (χ0) is 51.1. The maximum absolute atomic E-state index is 13.6. The highest BCUT2D eigenvalue weighted by Crippen LogP contribution is 2.37. The van der Waals surface area contributed by atoms with Crippen LogP contribution in [0, 0.1) is 6.92 Å². The number of rotatable bonds is 11. The second-order valence-electron chi connectivity index (χ2n) is 17.7. The Morgan fingerprint density at radius 1 is 0.792 bits per heavy atom. The number of carbonyl (C=O) groups is 2. The van der Waals surface area contributed by atoms with Gasteiger partial charge in [0.2, 0.25) is 29.1 Å². The van der Waals surface area contributed by atoms with Gasteiger partial charge in [0.1, 0.15) is 35.5 Å². The van der Waals surface area contributed by atoms with E-state index in [1.807, 2.05) is 11.8 Å². The van der Waals surface area contributed by atoms with Crippen molar-refractivity contribution < 1.29 is 55.6 Å². The Bertz CT molecular complexity index is 2460. The summed E-state index contributed by atoms with van der Waals surface area (Å²) in [7, 11) is -1.73. The fraction of sp³-hybridized carbons (Fsp3) is 0.628. The minimum atomic E-state index is -2.96. The molecule has 398 valence electrons. The number of cyclic esters (lactones) is 2. The first kappa shape index (κ1) is 58.8. The van der Waals surface area contributed by atoms with Gasteiger partial charge < -0.3 is 49.3 Å². The lowest BCUT2D eigenvalue weighted by Crippen LogP contribution is -2.45. The molecule has 0 bridgehead atoms. The average molecular weight is 1060 g/mol. The Morgan fingerprint density at radius 3 is 1.82 bits per heavy atom. The van der Waals surface area contributed by atoms with Crippen LogP contribution in [0.4, 0.5) is 50.9 Å². The third kappa shape index (κ3) is 14.4. The summed E-state index contributed by atoms with van der Waals surface area (Å²) in [5.74, 6) is 0.134. The van der Waals surface area contributed by atoms with Gasteiger partial charge in [0.15, 0.2) is 20.0 Å². The molecule has 0 unspecified atom stereocenters. The number of amides is 2. The molecule has 0 saturated carbocycles. The summed E-state index contributed by atoms with van der Waals surface area (Å²) in [5.41, 5.74) is 4.29. The fourth-order valence-electron chi connectivity index (χ4n) is 6.77. The maximum Gasteiger partial charge on any atom is 0.417 e. The van der Waals surface area contributed by atoms with Crippen LogP contribution >= 0.6 is 11.6 Å². The number of hydrogen-bond acceptors (Lipinski definition) is 21. The van der Waals surface area contributed by atoms with Crippen LogP contribution in [-0.4, -0.2) is 166 Å². The summed E-state index contributed by atoms with van der Waals surface area (Å²) >= 11 is 5.93. The molecule has 23 nitrogen and oxygen atoms in total. The Morgan fingerprint density at radius 2 is 1.31 bits per heavy atom. The number of anilines is 4. The van der Waals surface area contributed by atoms with Crippen molar-refractivity contribution in [2.45, 2.75) is 112 Å². The first-order chi connectivity index (χ1) is 33.1. The van der Waals surface area contributed by atoms with Crippen molar-refractivity contribution in [2.24, 2.45) is 0 Å². The predicted octanol–water partition coefficient (Wildman–Crippen LogP) is 6.23. The number of nitrogens with two attached hydrogens (primary N) is 1. The molecule has 4 aromatic heterocycles. The molecule has 4 atom stereocenters. The third-order valence-corrected chi connectivity index (χ3v) is 16.5. The topological polar surface area (TPSA) is 277 Å². The van der Waals surface area contributed by atoms with Gasteiger partial charge >= 0.3 is 12.2 Å². The average Bonchev–Trinajstić information content (AvgIpc) is 3.81. The number of alkyl carbamates (subject to hydrolysis) is 1. The van der Waals surface area contributed by atoms with Crippen molar-refractivity contribution >= 4 is 55.9 Å². The van der Waals surface area contributed by atoms with E-state index in [0.717, 1.165) is 11.1 Å². The molecule has 4 aliphatic rings. The van der Waals surface area contributed by atoms with Crippen molar-refractivity contribution in [3.8, 4) is 22.8 Å². The first-order valence-electron chi connectivity index (χ1n) is 22.1. The molecule has 0 radical (unpaired) electrons. The van der Waals surface area contributed by atoms with Crippen LogP contribution in [0.15, 0.2) is 12.4 Å². The monoisotopic (exact) mass is 1060 g/mol. The lowest BCUT2D eigenvalue weighted by atomic mass is 10.2. The van der Waals surface area contributed by atoms with E-state index in [-0.39, 0.29) is 89.9 Å². The van der Waals surface area contributed by atoms with Gasteiger partial charge in [-0.2, -0.15) is 29.9 Å². The highest BCUT2D eigenvalue weighted by atomic mass is 35.5. The van der Waals surface area contributed by atoms with Crippen LogP contribution in [0.3, 0.4) is 0 Å². The van der Waals surface area contributed by atoms with Crippen LogP contribution in [0.5, 0.6) is 0 Å². The quantitative estimate of drug-likeness (QED) is 0.111. The minimum absolute atomic E-state index is 0. The van der Waals surface area contributed by atoms with E-state index in [4.69, 9.17) is 40.7 Å². The molecule has 4 fully saturated rings. The molecule has 4 aliphatic heterocycles. The molecule has 29 heteroatoms. The molecule has 4 aromatic rings. The number of carbonyl (C=O) groups excluding carboxylic acids is 2. The van der Waals surface area contributed by atoms with Crippen LogP contribution < -0.4 is 25.8 Å². The van der Waals surface area contributed by atoms with Gasteiger partial charge in [0.25, 0.3) is 12.9 Å². The molecule has 0 aliphatic carbocycles. The number of nitrogens with zero attached hydrogens (tertiary/aromatic N) is 13. The van der Waals surface area contributed by atoms with Gasteiger partial charge in [-0.25, -0.2) is 52.0 Å². The largest absolute Gasteiger partial charge is 0.444 e. The number of nitrogens with one attached hydrogen (secondary N) is 1. The van der Waals surface area contributed by atoms with Gasteiger partial charge in [0, 0.05) is 38.6 Å². The number of halogens is 5. The van der Waals surface area contributed by atoms with E-state index in [1.54, 1.807) is 11.8 Å². The molecule has 8 rings (SSSR count). The molecule has 8 heterocycles. The summed E-state index contributed by atoms with van der Waals surface area (Å²) in [6, 6.07) is -0.765. The van der Waals surface area contributed by atoms with Gasteiger partial charge in [0.05, 0.1) is 56.8 Å². The Balaban J connectivity index is 0.000000244. The van der Waals surface area contributed by atoms with E-state index in [2.05, 4.69) is 89.0 Å². The van der Waals surface area contributed by atoms with E-state index < -0.39 is 57.4 Å². The Hall–Kier alpha value is -5.81. The van der Waals surface area contributed by atoms with Crippen LogP contribution in [-0.2, 0) is 23.4 Å². The standard InChI is InChI=1S/C17H20F2N8O4.C13H13ClF2N6O.C11H23NO3Si.2CH4/c1-8-10(7-28)27(17(29)31-8)16-24-13(9-6-21-14(20)22-11(9)12(18)19)23-15(25-16)26-2-4-30-5-3-26;1-7-17-6-8(9(18-7)10(15)16)11-19-12(14)21-13(20-11)22-2-4-23-5-3-22;1-8-9(12-10(13)15-8)7-14-16(5,6)11(2,3)4;;/h6,8,10,12,28H,2-5,7H2,1H3,(H2,20,21,22);6,10H,2-5H2,1H3;8-9H,7H2,1-6H3,(H,12,13);2*1H4/t8-,10+;;8-,9+;;/m1.1../s1. The minimum Gasteiger partial charge on any atom is -0.444 e. The summed E-state index contributed by atoms with van der Waals surface area (Å²) < 4.78 is 80.5. The van der Waals surface area contributed by atoms with Crippen LogP contribution in [0.1, 0.15) is 79.5 Å². The summed E-state index contributed by atoms with van der Waals surface area (Å²) in [5, 5.41) is 12.6. The van der Waals surface area contributed by atoms with Crippen LogP contribution in [0.25, 0.3) is 22.8 Å². The lowest BCUT2D eigenvalue weighted by Gasteiger charge is -2.37. The molecule has 0 spiro atoms. The van der Waals surface area contributed by atoms with E-state index in [0.29, 0.717) is 65.2 Å². The highest BCUT2D eigenvalue weighted by Gasteiger charge is 2.43. The zero-order valence-electron chi connectivity index (χ0n) is 39.8. The number of alkyl halides is 4. The van der Waals surface area contributed by atoms with E-state index >= 15 is 0 Å². The zero-order valence-corrected chi connectivity index (χ0v) is 41.5. The number of ether oxygens (including phenoxy) is 4. The van der Waals surface area contributed by atoms with Gasteiger partial charge in [-0.05, 0) is 50.5 Å². The number of aliphatic hydroxyl groups excluding tert-OH is 1. The molecule has 4 N–H and O–H groups in total. The van der Waals surface area contributed by atoms with E-state index in [9.17, 15) is 32.3 Å². The number of morpholine rings is 2. The summed E-state index contributed by atoms with van der Waals surface area (Å²) in [6.07, 6.45) is -5.18. The Kier molecular flexibility index (Phi) is 20.6. The molecule has 72 heavy (non-hydrogen) atoms. The second-order valence-corrected chi connectivity index (χ2v) is 22.8. The van der Waals surface area contributed by atoms with Gasteiger partial charge in [-0.15, -0.1) is 0 Å². The fourth-order valence-corrected chi connectivity index (χ4v) is 7.96. The number of aryl methyl sites for hydroxylation is 1. The molecule has 4 saturated heterocycles. The Labute approximate surface area is 421 Å². The van der Waals surface area contributed by atoms with Gasteiger partial charge in [-0.3, -0.25) is 0 Å².